The van der Waals surface area contributed by atoms with E-state index in [-0.39, 0.29) is 5.91 Å². The number of hydrogen-bond donors (Lipinski definition) is 1. The standard InChI is InChI=1S/C17H28N2O2/c1-6-15(17(20)19(5)12-11-18-4)21-16-10-8-7-9-14(16)13(2)3/h7-10,13,15,18H,6,11-12H2,1-5H3. The first-order chi connectivity index (χ1) is 10.0. The summed E-state index contributed by atoms with van der Waals surface area (Å²) in [6.45, 7) is 7.70. The summed E-state index contributed by atoms with van der Waals surface area (Å²) in [6, 6.07) is 7.95. The Bertz CT molecular complexity index is 446. The van der Waals surface area contributed by atoms with Crippen LogP contribution in [0.1, 0.15) is 38.7 Å². The lowest BCUT2D eigenvalue weighted by Crippen LogP contribution is -2.42. The number of likely N-dealkylation sites (N-methyl/N-ethyl adjacent to an activating group) is 2. The molecule has 0 aromatic heterocycles. The Kier molecular flexibility index (Phi) is 7.23. The third-order valence-electron chi connectivity index (χ3n) is 3.53. The zero-order valence-corrected chi connectivity index (χ0v) is 13.8. The number of amides is 1. The molecule has 118 valence electrons. The number of nitrogens with zero attached hydrogens (tertiary/aromatic N) is 1. The summed E-state index contributed by atoms with van der Waals surface area (Å²) in [5, 5.41) is 3.05. The molecule has 21 heavy (non-hydrogen) atoms. The van der Waals surface area contributed by atoms with Crippen molar-refractivity contribution in [3.63, 3.8) is 0 Å². The first-order valence-electron chi connectivity index (χ1n) is 7.66. The normalized spacial score (nSPS) is 12.3. The van der Waals surface area contributed by atoms with Gasteiger partial charge in [-0.15, -0.1) is 0 Å². The topological polar surface area (TPSA) is 41.6 Å². The second-order valence-electron chi connectivity index (χ2n) is 5.57. The molecule has 1 N–H and O–H groups in total. The van der Waals surface area contributed by atoms with Crippen LogP contribution >= 0.6 is 0 Å². The second kappa shape index (κ2) is 8.67. The lowest BCUT2D eigenvalue weighted by Gasteiger charge is -2.25. The van der Waals surface area contributed by atoms with Crippen LogP contribution in [0, 0.1) is 0 Å². The largest absolute Gasteiger partial charge is 0.480 e. The van der Waals surface area contributed by atoms with Gasteiger partial charge in [0.2, 0.25) is 0 Å². The van der Waals surface area contributed by atoms with Crippen molar-refractivity contribution in [3.05, 3.63) is 29.8 Å². The summed E-state index contributed by atoms with van der Waals surface area (Å²) in [5.41, 5.74) is 1.14. The maximum absolute atomic E-state index is 12.4. The van der Waals surface area contributed by atoms with Crippen molar-refractivity contribution in [1.29, 1.82) is 0 Å². The number of rotatable bonds is 8. The molecule has 1 aromatic rings. The van der Waals surface area contributed by atoms with Crippen LogP contribution < -0.4 is 10.1 Å². The number of carbonyl (C=O) groups is 1. The molecule has 1 atom stereocenters. The molecule has 1 unspecified atom stereocenters. The van der Waals surface area contributed by atoms with E-state index < -0.39 is 6.10 Å². The van der Waals surface area contributed by atoms with Crippen molar-refractivity contribution >= 4 is 5.91 Å². The molecule has 0 saturated heterocycles. The van der Waals surface area contributed by atoms with E-state index in [1.165, 1.54) is 0 Å². The Labute approximate surface area is 128 Å². The Morgan fingerprint density at radius 1 is 1.33 bits per heavy atom. The van der Waals surface area contributed by atoms with E-state index in [0.29, 0.717) is 18.9 Å². The van der Waals surface area contributed by atoms with Gasteiger partial charge in [-0.1, -0.05) is 39.0 Å². The van der Waals surface area contributed by atoms with Crippen LogP contribution in [0.25, 0.3) is 0 Å². The van der Waals surface area contributed by atoms with Crippen molar-refractivity contribution < 1.29 is 9.53 Å². The van der Waals surface area contributed by atoms with E-state index in [1.54, 1.807) is 4.90 Å². The van der Waals surface area contributed by atoms with Crippen molar-refractivity contribution in [1.82, 2.24) is 10.2 Å². The maximum atomic E-state index is 12.4. The summed E-state index contributed by atoms with van der Waals surface area (Å²) >= 11 is 0. The fourth-order valence-electron chi connectivity index (χ4n) is 2.16. The van der Waals surface area contributed by atoms with Gasteiger partial charge in [-0.2, -0.15) is 0 Å². The number of benzene rings is 1. The van der Waals surface area contributed by atoms with Gasteiger partial charge in [0.15, 0.2) is 6.10 Å². The Balaban J connectivity index is 2.80. The molecule has 4 nitrogen and oxygen atoms in total. The third-order valence-corrected chi connectivity index (χ3v) is 3.53. The molecule has 0 spiro atoms. The minimum atomic E-state index is -0.424. The van der Waals surface area contributed by atoms with E-state index in [2.05, 4.69) is 25.2 Å². The third kappa shape index (κ3) is 5.05. The SMILES string of the molecule is CCC(Oc1ccccc1C(C)C)C(=O)N(C)CCNC. The predicted molar refractivity (Wildman–Crippen MR) is 86.8 cm³/mol. The van der Waals surface area contributed by atoms with Gasteiger partial charge < -0.3 is 15.0 Å². The van der Waals surface area contributed by atoms with Gasteiger partial charge in [-0.25, -0.2) is 0 Å². The lowest BCUT2D eigenvalue weighted by molar-refractivity contribution is -0.137. The minimum Gasteiger partial charge on any atom is -0.480 e. The summed E-state index contributed by atoms with van der Waals surface area (Å²) in [7, 11) is 3.70. The molecule has 0 radical (unpaired) electrons. The molecule has 0 aliphatic carbocycles. The molecule has 0 bridgehead atoms. The quantitative estimate of drug-likeness (QED) is 0.801. The van der Waals surface area contributed by atoms with Crippen LogP contribution in [0.15, 0.2) is 24.3 Å². The molecular formula is C17H28N2O2. The molecule has 1 aromatic carbocycles. The monoisotopic (exact) mass is 292 g/mol. The van der Waals surface area contributed by atoms with E-state index >= 15 is 0 Å². The van der Waals surface area contributed by atoms with E-state index in [4.69, 9.17) is 4.74 Å². The highest BCUT2D eigenvalue weighted by Gasteiger charge is 2.23. The minimum absolute atomic E-state index is 0.0336. The van der Waals surface area contributed by atoms with E-state index in [1.807, 2.05) is 39.2 Å². The highest BCUT2D eigenvalue weighted by Crippen LogP contribution is 2.27. The number of para-hydroxylation sites is 1. The van der Waals surface area contributed by atoms with Gasteiger partial charge in [0.25, 0.3) is 5.91 Å². The summed E-state index contributed by atoms with van der Waals surface area (Å²) < 4.78 is 6.01. The number of hydrogen-bond acceptors (Lipinski definition) is 3. The van der Waals surface area contributed by atoms with Crippen LogP contribution in [-0.2, 0) is 4.79 Å². The van der Waals surface area contributed by atoms with Gasteiger partial charge in [0.05, 0.1) is 0 Å². The molecular weight excluding hydrogens is 264 g/mol. The van der Waals surface area contributed by atoms with Crippen LogP contribution in [0.5, 0.6) is 5.75 Å². The maximum Gasteiger partial charge on any atom is 0.263 e. The number of nitrogens with one attached hydrogen (secondary N) is 1. The van der Waals surface area contributed by atoms with Gasteiger partial charge in [0, 0.05) is 20.1 Å². The highest BCUT2D eigenvalue weighted by molar-refractivity contribution is 5.81. The van der Waals surface area contributed by atoms with Crippen molar-refractivity contribution in [2.24, 2.45) is 0 Å². The summed E-state index contributed by atoms with van der Waals surface area (Å²) in [5.74, 6) is 1.22. The smallest absolute Gasteiger partial charge is 0.263 e. The molecule has 0 heterocycles. The lowest BCUT2D eigenvalue weighted by atomic mass is 10.0. The van der Waals surface area contributed by atoms with Gasteiger partial charge >= 0.3 is 0 Å². The average Bonchev–Trinajstić information content (AvgIpc) is 2.49. The molecule has 0 aliphatic heterocycles. The molecule has 0 aliphatic rings. The van der Waals surface area contributed by atoms with E-state index in [9.17, 15) is 4.79 Å². The highest BCUT2D eigenvalue weighted by atomic mass is 16.5. The molecule has 0 fully saturated rings. The summed E-state index contributed by atoms with van der Waals surface area (Å²) in [6.07, 6.45) is 0.238. The van der Waals surface area contributed by atoms with Crippen LogP contribution in [-0.4, -0.2) is 44.1 Å². The molecule has 0 saturated carbocycles. The number of carbonyl (C=O) groups excluding carboxylic acids is 1. The zero-order chi connectivity index (χ0) is 15.8. The first kappa shape index (κ1) is 17.5. The van der Waals surface area contributed by atoms with Crippen molar-refractivity contribution in [2.45, 2.75) is 39.2 Å². The van der Waals surface area contributed by atoms with Crippen molar-refractivity contribution in [2.75, 3.05) is 27.2 Å². The van der Waals surface area contributed by atoms with E-state index in [0.717, 1.165) is 17.9 Å². The fourth-order valence-corrected chi connectivity index (χ4v) is 2.16. The van der Waals surface area contributed by atoms with Gasteiger partial charge in [-0.3, -0.25) is 4.79 Å². The Morgan fingerprint density at radius 2 is 2.00 bits per heavy atom. The molecule has 1 amide bonds. The molecule has 4 heteroatoms. The first-order valence-corrected chi connectivity index (χ1v) is 7.66. The van der Waals surface area contributed by atoms with Crippen molar-refractivity contribution in [3.8, 4) is 5.75 Å². The summed E-state index contributed by atoms with van der Waals surface area (Å²) in [4.78, 5) is 14.2. The fraction of sp³-hybridized carbons (Fsp3) is 0.588. The Morgan fingerprint density at radius 3 is 2.57 bits per heavy atom. The average molecular weight is 292 g/mol. The van der Waals surface area contributed by atoms with Gasteiger partial charge in [0.1, 0.15) is 5.75 Å². The van der Waals surface area contributed by atoms with Crippen LogP contribution in [0.3, 0.4) is 0 Å². The predicted octanol–water partition coefficient (Wildman–Crippen LogP) is 2.65. The number of ether oxygens (including phenoxy) is 1. The second-order valence-corrected chi connectivity index (χ2v) is 5.57. The van der Waals surface area contributed by atoms with Crippen LogP contribution in [0.2, 0.25) is 0 Å². The molecule has 1 rings (SSSR count). The van der Waals surface area contributed by atoms with Crippen LogP contribution in [0.4, 0.5) is 0 Å². The van der Waals surface area contributed by atoms with Gasteiger partial charge in [-0.05, 0) is 31.0 Å². The zero-order valence-electron chi connectivity index (χ0n) is 13.8. The Hall–Kier alpha value is -1.55.